The first-order valence-electron chi connectivity index (χ1n) is 11.9. The first-order chi connectivity index (χ1) is 17.0. The number of ketones is 1. The maximum Gasteiger partial charge on any atom is 0.251 e. The molecule has 0 aromatic heterocycles. The molecule has 0 spiro atoms. The number of hydrogen-bond donors (Lipinski definition) is 2. The molecule has 8 nitrogen and oxygen atoms in total. The summed E-state index contributed by atoms with van der Waals surface area (Å²) in [5, 5.41) is 6.15. The fraction of sp³-hybridized carbons (Fsp3) is 0.462. The fourth-order valence-corrected chi connectivity index (χ4v) is 3.67. The molecule has 2 aromatic rings. The second-order valence-electron chi connectivity index (χ2n) is 8.10. The zero-order valence-corrected chi connectivity index (χ0v) is 20.2. The summed E-state index contributed by atoms with van der Waals surface area (Å²) < 4.78 is 36.6. The molecule has 2 N–H and O–H groups in total. The van der Waals surface area contributed by atoms with Crippen LogP contribution in [0.15, 0.2) is 36.4 Å². The van der Waals surface area contributed by atoms with Crippen molar-refractivity contribution in [2.24, 2.45) is 0 Å². The summed E-state index contributed by atoms with van der Waals surface area (Å²) in [6, 6.07) is 9.11. The van der Waals surface area contributed by atoms with Crippen LogP contribution in [0.25, 0.3) is 0 Å². The zero-order chi connectivity index (χ0) is 25.0. The Morgan fingerprint density at radius 1 is 0.971 bits per heavy atom. The molecule has 0 unspecified atom stereocenters. The van der Waals surface area contributed by atoms with E-state index in [2.05, 4.69) is 10.6 Å². The van der Waals surface area contributed by atoms with E-state index in [1.807, 2.05) is 6.92 Å². The van der Waals surface area contributed by atoms with Gasteiger partial charge in [0.25, 0.3) is 5.91 Å². The maximum atomic E-state index is 15.1. The number of ether oxygens (including phenoxy) is 4. The number of nitrogens with one attached hydrogen (secondary N) is 2. The second kappa shape index (κ2) is 13.8. The van der Waals surface area contributed by atoms with E-state index in [1.165, 1.54) is 31.4 Å². The molecule has 1 fully saturated rings. The number of hydrogen-bond acceptors (Lipinski definition) is 7. The van der Waals surface area contributed by atoms with Crippen molar-refractivity contribution in [1.82, 2.24) is 10.6 Å². The number of halogens is 1. The highest BCUT2D eigenvalue weighted by Crippen LogP contribution is 2.31. The summed E-state index contributed by atoms with van der Waals surface area (Å²) in [5.74, 6) is -1.56. The van der Waals surface area contributed by atoms with E-state index in [0.29, 0.717) is 25.4 Å². The van der Waals surface area contributed by atoms with Crippen LogP contribution in [0.4, 0.5) is 4.39 Å². The molecule has 1 aliphatic rings. The third-order valence-corrected chi connectivity index (χ3v) is 5.53. The molecule has 1 heterocycles. The molecule has 35 heavy (non-hydrogen) atoms. The molecule has 0 bridgehead atoms. The molecule has 1 amide bonds. The van der Waals surface area contributed by atoms with Crippen molar-refractivity contribution in [3.8, 4) is 11.5 Å². The Hall–Kier alpha value is -3.01. The molecule has 1 aliphatic heterocycles. The highest BCUT2D eigenvalue weighted by atomic mass is 19.1. The molecular formula is C26H33FN2O6. The normalized spacial score (nSPS) is 15.1. The second-order valence-corrected chi connectivity index (χ2v) is 8.10. The van der Waals surface area contributed by atoms with Crippen molar-refractivity contribution in [3.05, 3.63) is 58.9 Å². The Bertz CT molecular complexity index is 977. The van der Waals surface area contributed by atoms with E-state index in [4.69, 9.17) is 18.9 Å². The van der Waals surface area contributed by atoms with Crippen LogP contribution < -0.4 is 20.1 Å². The van der Waals surface area contributed by atoms with Gasteiger partial charge in [-0.15, -0.1) is 0 Å². The van der Waals surface area contributed by atoms with Crippen molar-refractivity contribution in [3.63, 3.8) is 0 Å². The predicted molar refractivity (Wildman–Crippen MR) is 129 cm³/mol. The summed E-state index contributed by atoms with van der Waals surface area (Å²) in [6.07, 6.45) is 1.81. The van der Waals surface area contributed by atoms with Crippen LogP contribution in [-0.4, -0.2) is 71.0 Å². The molecule has 9 heteroatoms. The fourth-order valence-electron chi connectivity index (χ4n) is 3.67. The van der Waals surface area contributed by atoms with Gasteiger partial charge in [-0.05, 0) is 43.7 Å². The van der Waals surface area contributed by atoms with Crippen molar-refractivity contribution < 1.29 is 32.9 Å². The first-order valence-corrected chi connectivity index (χ1v) is 11.9. The van der Waals surface area contributed by atoms with Gasteiger partial charge in [0.2, 0.25) is 0 Å². The Labute approximate surface area is 205 Å². The quantitative estimate of drug-likeness (QED) is 0.312. The number of carbonyl (C=O) groups is 2. The first kappa shape index (κ1) is 26.6. The van der Waals surface area contributed by atoms with Gasteiger partial charge in [-0.3, -0.25) is 9.59 Å². The average molecular weight is 489 g/mol. The van der Waals surface area contributed by atoms with E-state index in [1.54, 1.807) is 12.1 Å². The standard InChI is InChI=1S/C26H33FN2O6/c1-3-12-33-13-14-34-15-16-35-21-8-9-22(32-2)24(27)23(21)25(30)18-4-6-19(7-5-18)26(31)29-20-10-11-28-17-20/h4-9,20,28H,3,10-17H2,1-2H3,(H,29,31)/t20-/m0/s1. The van der Waals surface area contributed by atoms with E-state index >= 15 is 4.39 Å². The van der Waals surface area contributed by atoms with Crippen LogP contribution in [0.3, 0.4) is 0 Å². The molecule has 190 valence electrons. The van der Waals surface area contributed by atoms with Crippen molar-refractivity contribution in [2.75, 3.05) is 53.2 Å². The van der Waals surface area contributed by atoms with Gasteiger partial charge in [0, 0.05) is 30.3 Å². The Morgan fingerprint density at radius 3 is 2.29 bits per heavy atom. The molecule has 3 rings (SSSR count). The van der Waals surface area contributed by atoms with Crippen LogP contribution >= 0.6 is 0 Å². The van der Waals surface area contributed by atoms with Gasteiger partial charge in [0.1, 0.15) is 17.9 Å². The SMILES string of the molecule is CCCOCCOCCOc1ccc(OC)c(F)c1C(=O)c1ccc(C(=O)N[C@H]2CCNC2)cc1. The lowest BCUT2D eigenvalue weighted by Crippen LogP contribution is -2.36. The zero-order valence-electron chi connectivity index (χ0n) is 20.2. The molecular weight excluding hydrogens is 455 g/mol. The van der Waals surface area contributed by atoms with Gasteiger partial charge in [-0.2, -0.15) is 0 Å². The molecule has 1 atom stereocenters. The topological polar surface area (TPSA) is 95.1 Å². The summed E-state index contributed by atoms with van der Waals surface area (Å²) in [4.78, 5) is 25.7. The number of carbonyl (C=O) groups excluding carboxylic acids is 2. The lowest BCUT2D eigenvalue weighted by Gasteiger charge is -2.14. The third-order valence-electron chi connectivity index (χ3n) is 5.53. The highest BCUT2D eigenvalue weighted by Gasteiger charge is 2.24. The van der Waals surface area contributed by atoms with Gasteiger partial charge < -0.3 is 29.6 Å². The Kier molecular flexibility index (Phi) is 10.5. The lowest BCUT2D eigenvalue weighted by molar-refractivity contribution is 0.0364. The van der Waals surface area contributed by atoms with Crippen molar-refractivity contribution in [1.29, 1.82) is 0 Å². The number of amides is 1. The summed E-state index contributed by atoms with van der Waals surface area (Å²) in [7, 11) is 1.33. The van der Waals surface area contributed by atoms with E-state index in [0.717, 1.165) is 25.9 Å². The van der Waals surface area contributed by atoms with Crippen LogP contribution in [0.2, 0.25) is 0 Å². The van der Waals surface area contributed by atoms with Crippen LogP contribution in [0.5, 0.6) is 11.5 Å². The minimum atomic E-state index is -0.806. The average Bonchev–Trinajstić information content (AvgIpc) is 3.38. The van der Waals surface area contributed by atoms with Gasteiger partial charge in [-0.25, -0.2) is 4.39 Å². The van der Waals surface area contributed by atoms with Crippen molar-refractivity contribution >= 4 is 11.7 Å². The molecule has 0 aliphatic carbocycles. The van der Waals surface area contributed by atoms with Crippen LogP contribution in [0.1, 0.15) is 46.0 Å². The van der Waals surface area contributed by atoms with Crippen LogP contribution in [0, 0.1) is 5.82 Å². The van der Waals surface area contributed by atoms with Gasteiger partial charge >= 0.3 is 0 Å². The Balaban J connectivity index is 1.66. The summed E-state index contributed by atoms with van der Waals surface area (Å²) >= 11 is 0. The largest absolute Gasteiger partial charge is 0.494 e. The minimum absolute atomic E-state index is 0.0637. The molecule has 1 saturated heterocycles. The number of rotatable bonds is 14. The van der Waals surface area contributed by atoms with Gasteiger partial charge in [0.15, 0.2) is 17.3 Å². The van der Waals surface area contributed by atoms with E-state index in [-0.39, 0.29) is 47.8 Å². The lowest BCUT2D eigenvalue weighted by atomic mass is 10.00. The maximum absolute atomic E-state index is 15.1. The van der Waals surface area contributed by atoms with Gasteiger partial charge in [-0.1, -0.05) is 19.1 Å². The minimum Gasteiger partial charge on any atom is -0.494 e. The molecule has 2 aromatic carbocycles. The third kappa shape index (κ3) is 7.48. The molecule has 0 radical (unpaired) electrons. The highest BCUT2D eigenvalue weighted by molar-refractivity contribution is 6.11. The van der Waals surface area contributed by atoms with Gasteiger partial charge in [0.05, 0.1) is 26.9 Å². The van der Waals surface area contributed by atoms with Crippen LogP contribution in [-0.2, 0) is 9.47 Å². The smallest absolute Gasteiger partial charge is 0.251 e. The van der Waals surface area contributed by atoms with E-state index in [9.17, 15) is 9.59 Å². The summed E-state index contributed by atoms with van der Waals surface area (Å²) in [5.41, 5.74) is 0.423. The monoisotopic (exact) mass is 488 g/mol. The Morgan fingerprint density at radius 2 is 1.63 bits per heavy atom. The summed E-state index contributed by atoms with van der Waals surface area (Å²) in [6.45, 7) is 5.61. The number of benzene rings is 2. The number of methoxy groups -OCH3 is 1. The molecule has 0 saturated carbocycles. The van der Waals surface area contributed by atoms with Crippen molar-refractivity contribution in [2.45, 2.75) is 25.8 Å². The van der Waals surface area contributed by atoms with E-state index < -0.39 is 11.6 Å². The predicted octanol–water partition coefficient (Wildman–Crippen LogP) is 2.98.